The van der Waals surface area contributed by atoms with E-state index in [1.807, 2.05) is 6.92 Å². The fourth-order valence-corrected chi connectivity index (χ4v) is 3.50. The minimum atomic E-state index is -0.667. The zero-order valence-corrected chi connectivity index (χ0v) is 11.4. The van der Waals surface area contributed by atoms with Crippen molar-refractivity contribution >= 4 is 5.97 Å². The molecule has 1 saturated heterocycles. The molecule has 1 aromatic rings. The molecule has 2 unspecified atom stereocenters. The summed E-state index contributed by atoms with van der Waals surface area (Å²) in [6.07, 6.45) is 4.02. The summed E-state index contributed by atoms with van der Waals surface area (Å²) in [7, 11) is 0. The van der Waals surface area contributed by atoms with Crippen molar-refractivity contribution in [2.24, 2.45) is 0 Å². The maximum absolute atomic E-state index is 11.6. The highest BCUT2D eigenvalue weighted by Crippen LogP contribution is 2.38. The van der Waals surface area contributed by atoms with E-state index in [0.29, 0.717) is 5.92 Å². The van der Waals surface area contributed by atoms with E-state index >= 15 is 0 Å². The van der Waals surface area contributed by atoms with Gasteiger partial charge in [-0.05, 0) is 50.3 Å². The SMILES string of the molecule is CC1(C(=O)O)CCCCN1CC1Cc2ccccc21. The molecule has 0 amide bonds. The van der Waals surface area contributed by atoms with Crippen LogP contribution in [0.5, 0.6) is 0 Å². The number of carboxylic acids is 1. The molecule has 0 spiro atoms. The van der Waals surface area contributed by atoms with E-state index < -0.39 is 11.5 Å². The van der Waals surface area contributed by atoms with Crippen LogP contribution < -0.4 is 0 Å². The minimum absolute atomic E-state index is 0.521. The van der Waals surface area contributed by atoms with E-state index in [2.05, 4.69) is 29.2 Å². The first-order valence-electron chi connectivity index (χ1n) is 7.17. The predicted octanol–water partition coefficient (Wildman–Crippen LogP) is 2.66. The maximum Gasteiger partial charge on any atom is 0.323 e. The summed E-state index contributed by atoms with van der Waals surface area (Å²) in [4.78, 5) is 13.8. The molecule has 3 nitrogen and oxygen atoms in total. The number of benzene rings is 1. The van der Waals surface area contributed by atoms with E-state index in [4.69, 9.17) is 0 Å². The zero-order valence-electron chi connectivity index (χ0n) is 11.4. The van der Waals surface area contributed by atoms with Crippen LogP contribution in [-0.2, 0) is 11.2 Å². The van der Waals surface area contributed by atoms with E-state index in [-0.39, 0.29) is 0 Å². The Kier molecular flexibility index (Phi) is 3.09. The summed E-state index contributed by atoms with van der Waals surface area (Å²) in [5, 5.41) is 9.53. The van der Waals surface area contributed by atoms with Crippen molar-refractivity contribution in [3.05, 3.63) is 35.4 Å². The molecule has 102 valence electrons. The monoisotopic (exact) mass is 259 g/mol. The van der Waals surface area contributed by atoms with Gasteiger partial charge in [-0.3, -0.25) is 9.69 Å². The third-order valence-corrected chi connectivity index (χ3v) is 4.90. The lowest BCUT2D eigenvalue weighted by Gasteiger charge is -2.45. The van der Waals surface area contributed by atoms with Gasteiger partial charge < -0.3 is 5.11 Å². The van der Waals surface area contributed by atoms with Crippen LogP contribution in [0.2, 0.25) is 0 Å². The second-order valence-corrected chi connectivity index (χ2v) is 6.08. The lowest BCUT2D eigenvalue weighted by atomic mass is 9.76. The molecule has 0 bridgehead atoms. The van der Waals surface area contributed by atoms with E-state index in [1.165, 1.54) is 11.1 Å². The lowest BCUT2D eigenvalue weighted by molar-refractivity contribution is -0.153. The third kappa shape index (κ3) is 2.06. The van der Waals surface area contributed by atoms with Gasteiger partial charge in [0.15, 0.2) is 0 Å². The molecule has 3 rings (SSSR count). The first-order valence-corrected chi connectivity index (χ1v) is 7.17. The van der Waals surface area contributed by atoms with Crippen molar-refractivity contribution < 1.29 is 9.90 Å². The Morgan fingerprint density at radius 3 is 2.95 bits per heavy atom. The second kappa shape index (κ2) is 4.64. The quantitative estimate of drug-likeness (QED) is 0.907. The molecular weight excluding hydrogens is 238 g/mol. The summed E-state index contributed by atoms with van der Waals surface area (Å²) < 4.78 is 0. The number of rotatable bonds is 3. The molecular formula is C16H21NO2. The van der Waals surface area contributed by atoms with Crippen molar-refractivity contribution in [3.63, 3.8) is 0 Å². The van der Waals surface area contributed by atoms with Crippen molar-refractivity contribution in [2.45, 2.75) is 44.1 Å². The number of nitrogens with zero attached hydrogens (tertiary/aromatic N) is 1. The van der Waals surface area contributed by atoms with Gasteiger partial charge in [0.05, 0.1) is 0 Å². The topological polar surface area (TPSA) is 40.5 Å². The summed E-state index contributed by atoms with van der Waals surface area (Å²) in [6, 6.07) is 8.53. The average Bonchev–Trinajstić information content (AvgIpc) is 2.38. The van der Waals surface area contributed by atoms with Crippen molar-refractivity contribution in [2.75, 3.05) is 13.1 Å². The summed E-state index contributed by atoms with van der Waals surface area (Å²) >= 11 is 0. The molecule has 0 radical (unpaired) electrons. The highest BCUT2D eigenvalue weighted by molar-refractivity contribution is 5.78. The van der Waals surface area contributed by atoms with E-state index in [0.717, 1.165) is 38.8 Å². The number of hydrogen-bond donors (Lipinski definition) is 1. The number of carbonyl (C=O) groups is 1. The van der Waals surface area contributed by atoms with Gasteiger partial charge in [0, 0.05) is 12.5 Å². The fraction of sp³-hybridized carbons (Fsp3) is 0.562. The lowest BCUT2D eigenvalue weighted by Crippen LogP contribution is -2.56. The Balaban J connectivity index is 1.74. The van der Waals surface area contributed by atoms with Gasteiger partial charge in [-0.15, -0.1) is 0 Å². The van der Waals surface area contributed by atoms with Gasteiger partial charge in [0.1, 0.15) is 5.54 Å². The Bertz CT molecular complexity index is 499. The Labute approximate surface area is 114 Å². The van der Waals surface area contributed by atoms with Crippen LogP contribution in [0, 0.1) is 0 Å². The molecule has 1 aromatic carbocycles. The van der Waals surface area contributed by atoms with Crippen LogP contribution >= 0.6 is 0 Å². The fourth-order valence-electron chi connectivity index (χ4n) is 3.50. The smallest absolute Gasteiger partial charge is 0.323 e. The largest absolute Gasteiger partial charge is 0.480 e. The molecule has 0 saturated carbocycles. The first kappa shape index (κ1) is 12.7. The number of aliphatic carboxylic acids is 1. The molecule has 1 heterocycles. The second-order valence-electron chi connectivity index (χ2n) is 6.08. The average molecular weight is 259 g/mol. The van der Waals surface area contributed by atoms with Crippen LogP contribution in [0.3, 0.4) is 0 Å². The van der Waals surface area contributed by atoms with Crippen LogP contribution in [-0.4, -0.2) is 34.6 Å². The number of hydrogen-bond acceptors (Lipinski definition) is 2. The molecule has 1 fully saturated rings. The summed E-state index contributed by atoms with van der Waals surface area (Å²) in [5.41, 5.74) is 2.19. The number of carboxylic acid groups (broad SMARTS) is 1. The van der Waals surface area contributed by atoms with E-state index in [1.54, 1.807) is 0 Å². The maximum atomic E-state index is 11.6. The van der Waals surface area contributed by atoms with Crippen molar-refractivity contribution in [3.8, 4) is 0 Å². The van der Waals surface area contributed by atoms with Gasteiger partial charge in [-0.1, -0.05) is 24.3 Å². The Morgan fingerprint density at radius 2 is 2.21 bits per heavy atom. The zero-order chi connectivity index (χ0) is 13.5. The van der Waals surface area contributed by atoms with Gasteiger partial charge >= 0.3 is 5.97 Å². The highest BCUT2D eigenvalue weighted by Gasteiger charge is 2.43. The van der Waals surface area contributed by atoms with Gasteiger partial charge in [0.25, 0.3) is 0 Å². The molecule has 2 atom stereocenters. The Hall–Kier alpha value is -1.35. The van der Waals surface area contributed by atoms with Crippen molar-refractivity contribution in [1.29, 1.82) is 0 Å². The van der Waals surface area contributed by atoms with Crippen LogP contribution in [0.4, 0.5) is 0 Å². The number of piperidine rings is 1. The number of likely N-dealkylation sites (tertiary alicyclic amines) is 1. The van der Waals surface area contributed by atoms with Crippen molar-refractivity contribution in [1.82, 2.24) is 4.90 Å². The molecule has 3 heteroatoms. The normalized spacial score (nSPS) is 30.5. The molecule has 0 aromatic heterocycles. The minimum Gasteiger partial charge on any atom is -0.480 e. The predicted molar refractivity (Wildman–Crippen MR) is 74.4 cm³/mol. The highest BCUT2D eigenvalue weighted by atomic mass is 16.4. The number of fused-ring (bicyclic) bond motifs is 1. The van der Waals surface area contributed by atoms with Gasteiger partial charge in [-0.25, -0.2) is 0 Å². The molecule has 1 aliphatic carbocycles. The standard InChI is InChI=1S/C16H21NO2/c1-16(15(18)19)8-4-5-9-17(16)11-13-10-12-6-2-3-7-14(12)13/h2-3,6-7,13H,4-5,8-11H2,1H3,(H,18,19). The van der Waals surface area contributed by atoms with Gasteiger partial charge in [0.2, 0.25) is 0 Å². The van der Waals surface area contributed by atoms with Crippen LogP contribution in [0.15, 0.2) is 24.3 Å². The third-order valence-electron chi connectivity index (χ3n) is 4.90. The molecule has 1 N–H and O–H groups in total. The molecule has 1 aliphatic heterocycles. The molecule has 2 aliphatic rings. The first-order chi connectivity index (χ1) is 9.11. The molecule has 19 heavy (non-hydrogen) atoms. The van der Waals surface area contributed by atoms with Crippen LogP contribution in [0.25, 0.3) is 0 Å². The van der Waals surface area contributed by atoms with Crippen LogP contribution in [0.1, 0.15) is 43.2 Å². The Morgan fingerprint density at radius 1 is 1.42 bits per heavy atom. The summed E-state index contributed by atoms with van der Waals surface area (Å²) in [5.74, 6) is -0.146. The van der Waals surface area contributed by atoms with E-state index in [9.17, 15) is 9.90 Å². The van der Waals surface area contributed by atoms with Gasteiger partial charge in [-0.2, -0.15) is 0 Å². The summed E-state index contributed by atoms with van der Waals surface area (Å²) in [6.45, 7) is 3.69.